The first kappa shape index (κ1) is 23.4. The van der Waals surface area contributed by atoms with Crippen LogP contribution in [0.3, 0.4) is 0 Å². The van der Waals surface area contributed by atoms with Gasteiger partial charge in [0.2, 0.25) is 5.91 Å². The van der Waals surface area contributed by atoms with Gasteiger partial charge in [-0.25, -0.2) is 4.98 Å². The number of benzene rings is 3. The van der Waals surface area contributed by atoms with Crippen molar-refractivity contribution < 1.29 is 4.79 Å². The Morgan fingerprint density at radius 1 is 0.943 bits per heavy atom. The monoisotopic (exact) mass is 519 g/mol. The molecule has 0 radical (unpaired) electrons. The summed E-state index contributed by atoms with van der Waals surface area (Å²) in [5.74, 6) is 0.577. The number of thioether (sulfide) groups is 1. The van der Waals surface area contributed by atoms with E-state index in [1.54, 1.807) is 18.2 Å². The fraction of sp³-hybridized carbons (Fsp3) is 0.0769. The molecule has 35 heavy (non-hydrogen) atoms. The number of pyridine rings is 1. The van der Waals surface area contributed by atoms with Crippen molar-refractivity contribution in [3.05, 3.63) is 88.9 Å². The lowest BCUT2D eigenvalue weighted by Gasteiger charge is -2.10. The maximum Gasteiger partial charge on any atom is 0.234 e. The van der Waals surface area contributed by atoms with E-state index in [4.69, 9.17) is 28.2 Å². The minimum absolute atomic E-state index is 0.125. The van der Waals surface area contributed by atoms with Crippen LogP contribution in [0.15, 0.2) is 84.0 Å². The van der Waals surface area contributed by atoms with Crippen LogP contribution >= 0.6 is 35.0 Å². The highest BCUT2D eigenvalue weighted by molar-refractivity contribution is 7.99. The average molecular weight is 520 g/mol. The van der Waals surface area contributed by atoms with Crippen molar-refractivity contribution >= 4 is 57.5 Å². The second kappa shape index (κ2) is 10.1. The lowest BCUT2D eigenvalue weighted by Crippen LogP contribution is -2.15. The molecule has 5 rings (SSSR count). The molecule has 0 aliphatic heterocycles. The van der Waals surface area contributed by atoms with E-state index in [9.17, 15) is 4.79 Å². The van der Waals surface area contributed by atoms with Gasteiger partial charge in [-0.2, -0.15) is 0 Å². The van der Waals surface area contributed by atoms with Crippen LogP contribution < -0.4 is 5.32 Å². The van der Waals surface area contributed by atoms with Crippen LogP contribution in [-0.4, -0.2) is 31.4 Å². The Hall–Kier alpha value is -3.39. The van der Waals surface area contributed by atoms with E-state index in [1.165, 1.54) is 11.8 Å². The van der Waals surface area contributed by atoms with Gasteiger partial charge in [-0.05, 0) is 24.3 Å². The van der Waals surface area contributed by atoms with E-state index >= 15 is 0 Å². The molecule has 0 atom stereocenters. The fourth-order valence-electron chi connectivity index (χ4n) is 3.72. The number of carbonyl (C=O) groups is 1. The molecule has 1 amide bonds. The van der Waals surface area contributed by atoms with Crippen LogP contribution in [0.2, 0.25) is 10.0 Å². The number of nitrogens with zero attached hydrogens (tertiary/aromatic N) is 4. The maximum atomic E-state index is 12.5. The molecule has 5 aromatic rings. The third-order valence-corrected chi connectivity index (χ3v) is 7.07. The molecule has 0 saturated carbocycles. The molecule has 9 heteroatoms. The molecule has 0 aliphatic carbocycles. The van der Waals surface area contributed by atoms with Gasteiger partial charge < -0.3 is 9.88 Å². The molecule has 2 aromatic heterocycles. The minimum atomic E-state index is -0.240. The second-order valence-corrected chi connectivity index (χ2v) is 9.49. The van der Waals surface area contributed by atoms with Gasteiger partial charge in [0.05, 0.1) is 32.7 Å². The van der Waals surface area contributed by atoms with Crippen molar-refractivity contribution in [3.63, 3.8) is 0 Å². The molecule has 174 valence electrons. The molecule has 0 bridgehead atoms. The second-order valence-electron chi connectivity index (χ2n) is 7.74. The maximum absolute atomic E-state index is 12.5. The van der Waals surface area contributed by atoms with Crippen molar-refractivity contribution in [3.8, 4) is 22.6 Å². The zero-order valence-corrected chi connectivity index (χ0v) is 20.9. The fourth-order valence-corrected chi connectivity index (χ4v) is 4.92. The predicted octanol–water partition coefficient (Wildman–Crippen LogP) is 6.73. The smallest absolute Gasteiger partial charge is 0.234 e. The van der Waals surface area contributed by atoms with E-state index in [0.29, 0.717) is 26.7 Å². The number of fused-ring (bicyclic) bond motifs is 1. The zero-order valence-electron chi connectivity index (χ0n) is 18.6. The van der Waals surface area contributed by atoms with Gasteiger partial charge >= 0.3 is 0 Å². The molecule has 0 saturated heterocycles. The number of para-hydroxylation sites is 2. The Morgan fingerprint density at radius 3 is 2.43 bits per heavy atom. The van der Waals surface area contributed by atoms with Crippen molar-refractivity contribution in [1.82, 2.24) is 19.7 Å². The highest BCUT2D eigenvalue weighted by Crippen LogP contribution is 2.33. The number of amides is 1. The number of nitrogens with one attached hydrogen (secondary N) is 1. The first-order valence-electron chi connectivity index (χ1n) is 10.7. The summed E-state index contributed by atoms with van der Waals surface area (Å²) in [5.41, 5.74) is 4.07. The van der Waals surface area contributed by atoms with Gasteiger partial charge in [0.15, 0.2) is 11.0 Å². The Kier molecular flexibility index (Phi) is 6.72. The summed E-state index contributed by atoms with van der Waals surface area (Å²) >= 11 is 13.6. The Morgan fingerprint density at radius 2 is 1.66 bits per heavy atom. The van der Waals surface area contributed by atoms with E-state index < -0.39 is 0 Å². The highest BCUT2D eigenvalue weighted by Gasteiger charge is 2.18. The van der Waals surface area contributed by atoms with Gasteiger partial charge in [-0.3, -0.25) is 4.79 Å². The van der Waals surface area contributed by atoms with Crippen LogP contribution in [0.4, 0.5) is 5.69 Å². The third-order valence-electron chi connectivity index (χ3n) is 5.42. The number of rotatable bonds is 6. The molecule has 0 aliphatic rings. The number of halogens is 2. The Balaban J connectivity index is 1.43. The number of anilines is 1. The number of hydrogen-bond acceptors (Lipinski definition) is 5. The molecule has 0 fully saturated rings. The normalized spacial score (nSPS) is 11.1. The minimum Gasteiger partial charge on any atom is -0.323 e. The summed E-state index contributed by atoms with van der Waals surface area (Å²) in [6, 6.07) is 25.1. The van der Waals surface area contributed by atoms with Crippen molar-refractivity contribution in [1.29, 1.82) is 0 Å². The first-order valence-corrected chi connectivity index (χ1v) is 12.5. The summed E-state index contributed by atoms with van der Waals surface area (Å²) in [6.07, 6.45) is 0. The van der Waals surface area contributed by atoms with Gasteiger partial charge in [-0.15, -0.1) is 10.2 Å². The average Bonchev–Trinajstić information content (AvgIpc) is 3.25. The van der Waals surface area contributed by atoms with E-state index in [1.807, 2.05) is 72.3 Å². The molecule has 0 spiro atoms. The van der Waals surface area contributed by atoms with Crippen molar-refractivity contribution in [2.45, 2.75) is 5.16 Å². The standard InChI is InChI=1S/C26H19Cl2N5OS/c1-33-25(31-32-26(33)35-15-23(34)30-24-19(27)11-7-12-20(24)28)18-14-22(16-8-3-2-4-9-16)29-21-13-6-5-10-17(18)21/h2-14H,15H2,1H3,(H,30,34). The Labute approximate surface area is 216 Å². The quantitative estimate of drug-likeness (QED) is 0.251. The largest absolute Gasteiger partial charge is 0.323 e. The summed E-state index contributed by atoms with van der Waals surface area (Å²) < 4.78 is 1.89. The van der Waals surface area contributed by atoms with Gasteiger partial charge in [0.25, 0.3) is 0 Å². The lowest BCUT2D eigenvalue weighted by atomic mass is 10.0. The summed E-state index contributed by atoms with van der Waals surface area (Å²) in [4.78, 5) is 17.4. The van der Waals surface area contributed by atoms with Gasteiger partial charge in [0.1, 0.15) is 0 Å². The lowest BCUT2D eigenvalue weighted by molar-refractivity contribution is -0.113. The molecule has 6 nitrogen and oxygen atoms in total. The summed E-state index contributed by atoms with van der Waals surface area (Å²) in [6.45, 7) is 0. The first-order chi connectivity index (χ1) is 17.0. The number of aromatic nitrogens is 4. The van der Waals surface area contributed by atoms with Crippen LogP contribution in [0.5, 0.6) is 0 Å². The molecule has 2 heterocycles. The van der Waals surface area contributed by atoms with E-state index in [2.05, 4.69) is 15.5 Å². The number of carbonyl (C=O) groups excluding carboxylic acids is 1. The van der Waals surface area contributed by atoms with Crippen molar-refractivity contribution in [2.24, 2.45) is 7.05 Å². The van der Waals surface area contributed by atoms with E-state index in [0.717, 1.165) is 27.7 Å². The summed E-state index contributed by atoms with van der Waals surface area (Å²) in [5, 5.41) is 13.9. The van der Waals surface area contributed by atoms with Crippen LogP contribution in [0.1, 0.15) is 0 Å². The Bertz CT molecular complexity index is 1520. The predicted molar refractivity (Wildman–Crippen MR) is 143 cm³/mol. The third kappa shape index (κ3) is 4.89. The van der Waals surface area contributed by atoms with E-state index in [-0.39, 0.29) is 11.7 Å². The molecule has 3 aromatic carbocycles. The van der Waals surface area contributed by atoms with Gasteiger partial charge in [-0.1, -0.05) is 89.6 Å². The molecular weight excluding hydrogens is 501 g/mol. The van der Waals surface area contributed by atoms with Crippen molar-refractivity contribution in [2.75, 3.05) is 11.1 Å². The highest BCUT2D eigenvalue weighted by atomic mass is 35.5. The molecule has 0 unspecified atom stereocenters. The molecule has 1 N–H and O–H groups in total. The van der Waals surface area contributed by atoms with Crippen LogP contribution in [0, 0.1) is 0 Å². The SMILES string of the molecule is Cn1c(SCC(=O)Nc2c(Cl)cccc2Cl)nnc1-c1cc(-c2ccccc2)nc2ccccc12. The zero-order chi connectivity index (χ0) is 24.4. The van der Waals surface area contributed by atoms with Crippen LogP contribution in [-0.2, 0) is 11.8 Å². The van der Waals surface area contributed by atoms with Gasteiger partial charge in [0, 0.05) is 23.6 Å². The topological polar surface area (TPSA) is 72.7 Å². The van der Waals surface area contributed by atoms with Crippen LogP contribution in [0.25, 0.3) is 33.5 Å². The molecular formula is C26H19Cl2N5OS. The number of hydrogen-bond donors (Lipinski definition) is 1. The summed E-state index contributed by atoms with van der Waals surface area (Å²) in [7, 11) is 1.89.